The van der Waals surface area contributed by atoms with Crippen LogP contribution in [0.3, 0.4) is 0 Å². The van der Waals surface area contributed by atoms with Crippen LogP contribution in [-0.4, -0.2) is 47.8 Å². The molecule has 138 valence electrons. The van der Waals surface area contributed by atoms with Gasteiger partial charge in [-0.05, 0) is 50.3 Å². The summed E-state index contributed by atoms with van der Waals surface area (Å²) in [5.74, 6) is -0.153. The molecule has 0 aromatic heterocycles. The fourth-order valence-electron chi connectivity index (χ4n) is 2.60. The number of halogens is 1. The van der Waals surface area contributed by atoms with Crippen LogP contribution >= 0.6 is 11.6 Å². The van der Waals surface area contributed by atoms with Gasteiger partial charge < -0.3 is 9.80 Å². The van der Waals surface area contributed by atoms with Crippen molar-refractivity contribution in [3.05, 3.63) is 74.3 Å². The van der Waals surface area contributed by atoms with Gasteiger partial charge in [0.1, 0.15) is 0 Å². The molecule has 2 rings (SSSR count). The molecule has 1 amide bonds. The van der Waals surface area contributed by atoms with Crippen LogP contribution in [0.4, 0.5) is 5.69 Å². The van der Waals surface area contributed by atoms with E-state index in [9.17, 15) is 14.9 Å². The number of aryl methyl sites for hydroxylation is 1. The molecule has 0 saturated heterocycles. The number of nitro groups is 1. The van der Waals surface area contributed by atoms with Crippen LogP contribution in [-0.2, 0) is 6.54 Å². The smallest absolute Gasteiger partial charge is 0.269 e. The molecule has 0 aliphatic carbocycles. The molecule has 0 atom stereocenters. The van der Waals surface area contributed by atoms with Crippen LogP contribution in [0.2, 0.25) is 5.02 Å². The Hall–Kier alpha value is -2.44. The van der Waals surface area contributed by atoms with Crippen molar-refractivity contribution in [3.8, 4) is 0 Å². The summed E-state index contributed by atoms with van der Waals surface area (Å²) in [6.45, 7) is 3.38. The van der Waals surface area contributed by atoms with E-state index in [1.54, 1.807) is 17.9 Å². The van der Waals surface area contributed by atoms with Gasteiger partial charge in [-0.1, -0.05) is 23.7 Å². The van der Waals surface area contributed by atoms with Crippen LogP contribution < -0.4 is 0 Å². The SMILES string of the molecule is Cc1cc([N+](=O)[O-])ccc1C(=O)N(CCN(C)C)Cc1cccc(Cl)c1. The van der Waals surface area contributed by atoms with Gasteiger partial charge in [0.2, 0.25) is 0 Å². The second kappa shape index (κ2) is 8.78. The fraction of sp³-hybridized carbons (Fsp3) is 0.316. The first-order valence-corrected chi connectivity index (χ1v) is 8.59. The van der Waals surface area contributed by atoms with Crippen LogP contribution in [0.5, 0.6) is 0 Å². The van der Waals surface area contributed by atoms with Gasteiger partial charge in [-0.15, -0.1) is 0 Å². The van der Waals surface area contributed by atoms with Gasteiger partial charge in [0.15, 0.2) is 0 Å². The van der Waals surface area contributed by atoms with Gasteiger partial charge in [-0.3, -0.25) is 14.9 Å². The van der Waals surface area contributed by atoms with Gasteiger partial charge in [-0.2, -0.15) is 0 Å². The largest absolute Gasteiger partial charge is 0.333 e. The second-order valence-corrected chi connectivity index (χ2v) is 6.85. The summed E-state index contributed by atoms with van der Waals surface area (Å²) in [5, 5.41) is 11.5. The number of non-ortho nitro benzene ring substituents is 1. The zero-order valence-electron chi connectivity index (χ0n) is 15.1. The average Bonchev–Trinajstić information content (AvgIpc) is 2.57. The molecule has 0 aliphatic heterocycles. The van der Waals surface area contributed by atoms with Gasteiger partial charge in [0.25, 0.3) is 11.6 Å². The monoisotopic (exact) mass is 375 g/mol. The van der Waals surface area contributed by atoms with E-state index in [1.807, 2.05) is 37.2 Å². The molecule has 0 N–H and O–H groups in total. The number of amides is 1. The predicted molar refractivity (Wildman–Crippen MR) is 103 cm³/mol. The van der Waals surface area contributed by atoms with E-state index in [1.165, 1.54) is 18.2 Å². The van der Waals surface area contributed by atoms with Crippen LogP contribution in [0.15, 0.2) is 42.5 Å². The molecule has 26 heavy (non-hydrogen) atoms. The number of hydrogen-bond donors (Lipinski definition) is 0. The molecule has 0 aliphatic rings. The van der Waals surface area contributed by atoms with Crippen molar-refractivity contribution in [1.29, 1.82) is 0 Å². The summed E-state index contributed by atoms with van der Waals surface area (Å²) in [5.41, 5.74) is 1.97. The van der Waals surface area contributed by atoms with E-state index in [0.29, 0.717) is 35.8 Å². The fourth-order valence-corrected chi connectivity index (χ4v) is 2.81. The molecule has 0 saturated carbocycles. The third kappa shape index (κ3) is 5.28. The third-order valence-electron chi connectivity index (χ3n) is 4.02. The van der Waals surface area contributed by atoms with E-state index in [4.69, 9.17) is 11.6 Å². The lowest BCUT2D eigenvalue weighted by molar-refractivity contribution is -0.384. The molecule has 6 nitrogen and oxygen atoms in total. The normalized spacial score (nSPS) is 10.8. The Morgan fingerprint density at radius 3 is 2.46 bits per heavy atom. The minimum absolute atomic E-state index is 0.0197. The van der Waals surface area contributed by atoms with Gasteiger partial charge in [0.05, 0.1) is 4.92 Å². The maximum Gasteiger partial charge on any atom is 0.269 e. The van der Waals surface area contributed by atoms with E-state index in [-0.39, 0.29) is 11.6 Å². The Kier molecular flexibility index (Phi) is 6.71. The first-order valence-electron chi connectivity index (χ1n) is 8.21. The summed E-state index contributed by atoms with van der Waals surface area (Å²) in [7, 11) is 3.89. The van der Waals surface area contributed by atoms with E-state index in [2.05, 4.69) is 0 Å². The standard InChI is InChI=1S/C19H22ClN3O3/c1-14-11-17(23(25)26)7-8-18(14)19(24)22(10-9-21(2)3)13-15-5-4-6-16(20)12-15/h4-8,11-12H,9-10,13H2,1-3H3. The molecular weight excluding hydrogens is 354 g/mol. The summed E-state index contributed by atoms with van der Waals surface area (Å²) in [6.07, 6.45) is 0. The Morgan fingerprint density at radius 2 is 1.88 bits per heavy atom. The molecule has 7 heteroatoms. The summed E-state index contributed by atoms with van der Waals surface area (Å²) >= 11 is 6.05. The quantitative estimate of drug-likeness (QED) is 0.546. The Bertz CT molecular complexity index is 808. The Balaban J connectivity index is 2.28. The molecule has 0 fully saturated rings. The molecule has 0 heterocycles. The number of carbonyl (C=O) groups excluding carboxylic acids is 1. The van der Waals surface area contributed by atoms with Crippen LogP contribution in [0.1, 0.15) is 21.5 Å². The number of hydrogen-bond acceptors (Lipinski definition) is 4. The van der Waals surface area contributed by atoms with Crippen molar-refractivity contribution in [2.75, 3.05) is 27.2 Å². The highest BCUT2D eigenvalue weighted by Gasteiger charge is 2.20. The van der Waals surface area contributed by atoms with Crippen LogP contribution in [0, 0.1) is 17.0 Å². The highest BCUT2D eigenvalue weighted by atomic mass is 35.5. The van der Waals surface area contributed by atoms with Crippen molar-refractivity contribution < 1.29 is 9.72 Å². The molecule has 2 aromatic rings. The third-order valence-corrected chi connectivity index (χ3v) is 4.25. The zero-order valence-corrected chi connectivity index (χ0v) is 15.9. The summed E-state index contributed by atoms with van der Waals surface area (Å²) in [4.78, 5) is 27.2. The molecule has 0 spiro atoms. The van der Waals surface area contributed by atoms with Crippen molar-refractivity contribution in [2.24, 2.45) is 0 Å². The minimum Gasteiger partial charge on any atom is -0.333 e. The van der Waals surface area contributed by atoms with Crippen molar-refractivity contribution >= 4 is 23.2 Å². The average molecular weight is 376 g/mol. The number of nitrogens with zero attached hydrogens (tertiary/aromatic N) is 3. The number of benzene rings is 2. The maximum absolute atomic E-state index is 13.1. The Labute approximate surface area is 158 Å². The Morgan fingerprint density at radius 1 is 1.15 bits per heavy atom. The number of carbonyl (C=O) groups is 1. The highest BCUT2D eigenvalue weighted by molar-refractivity contribution is 6.30. The number of rotatable bonds is 7. The first-order chi connectivity index (χ1) is 12.3. The molecular formula is C19H22ClN3O3. The molecule has 0 unspecified atom stereocenters. The number of likely N-dealkylation sites (N-methyl/N-ethyl adjacent to an activating group) is 1. The van der Waals surface area contributed by atoms with E-state index >= 15 is 0 Å². The number of nitro benzene ring substituents is 1. The topological polar surface area (TPSA) is 66.7 Å². The highest BCUT2D eigenvalue weighted by Crippen LogP contribution is 2.20. The minimum atomic E-state index is -0.461. The summed E-state index contributed by atoms with van der Waals surface area (Å²) < 4.78 is 0. The lowest BCUT2D eigenvalue weighted by atomic mass is 10.1. The first kappa shape index (κ1) is 19.9. The van der Waals surface area contributed by atoms with Gasteiger partial charge in [0, 0.05) is 42.4 Å². The zero-order chi connectivity index (χ0) is 19.3. The van der Waals surface area contributed by atoms with Crippen LogP contribution in [0.25, 0.3) is 0 Å². The lowest BCUT2D eigenvalue weighted by Gasteiger charge is -2.25. The summed E-state index contributed by atoms with van der Waals surface area (Å²) in [6, 6.07) is 11.7. The van der Waals surface area contributed by atoms with Crippen molar-refractivity contribution in [3.63, 3.8) is 0 Å². The second-order valence-electron chi connectivity index (χ2n) is 6.42. The van der Waals surface area contributed by atoms with Crippen molar-refractivity contribution in [2.45, 2.75) is 13.5 Å². The van der Waals surface area contributed by atoms with Gasteiger partial charge >= 0.3 is 0 Å². The van der Waals surface area contributed by atoms with Crippen molar-refractivity contribution in [1.82, 2.24) is 9.80 Å². The maximum atomic E-state index is 13.1. The predicted octanol–water partition coefficient (Wildman–Crippen LogP) is 3.76. The van der Waals surface area contributed by atoms with Gasteiger partial charge in [-0.25, -0.2) is 0 Å². The van der Waals surface area contributed by atoms with E-state index < -0.39 is 4.92 Å². The molecule has 0 radical (unpaired) electrons. The lowest BCUT2D eigenvalue weighted by Crippen LogP contribution is -2.36. The van der Waals surface area contributed by atoms with E-state index in [0.717, 1.165) is 5.56 Å². The molecule has 2 aromatic carbocycles. The molecule has 0 bridgehead atoms.